The maximum atomic E-state index is 12.2. The van der Waals surface area contributed by atoms with E-state index in [-0.39, 0.29) is 11.4 Å². The van der Waals surface area contributed by atoms with Gasteiger partial charge in [-0.05, 0) is 31.9 Å². The molecule has 1 heterocycles. The number of hydrogen-bond acceptors (Lipinski definition) is 5. The first-order chi connectivity index (χ1) is 13.5. The Morgan fingerprint density at radius 2 is 1.96 bits per heavy atom. The number of aryl methyl sites for hydroxylation is 1. The molecule has 0 aliphatic carbocycles. The number of sulfonamides is 1. The molecule has 0 amide bonds. The van der Waals surface area contributed by atoms with Gasteiger partial charge in [0.25, 0.3) is 0 Å². The molecule has 0 radical (unpaired) electrons. The van der Waals surface area contributed by atoms with Gasteiger partial charge in [0.05, 0.1) is 18.1 Å². The van der Waals surface area contributed by atoms with Crippen molar-refractivity contribution in [1.29, 1.82) is 0 Å². The summed E-state index contributed by atoms with van der Waals surface area (Å²) in [6.07, 6.45) is 1.96. The van der Waals surface area contributed by atoms with Gasteiger partial charge in [0.2, 0.25) is 10.0 Å². The van der Waals surface area contributed by atoms with E-state index in [0.29, 0.717) is 25.0 Å². The molecule has 3 N–H and O–H groups in total. The fraction of sp³-hybridized carbons (Fsp3) is 0.632. The van der Waals surface area contributed by atoms with Crippen LogP contribution in [0.2, 0.25) is 0 Å². The van der Waals surface area contributed by atoms with E-state index < -0.39 is 10.0 Å². The van der Waals surface area contributed by atoms with Crippen molar-refractivity contribution in [1.82, 2.24) is 15.4 Å². The summed E-state index contributed by atoms with van der Waals surface area (Å²) in [5.41, 5.74) is 1.02. The van der Waals surface area contributed by atoms with Crippen LogP contribution in [0.25, 0.3) is 0 Å². The van der Waals surface area contributed by atoms with Crippen LogP contribution in [0.3, 0.4) is 0 Å². The Kier molecular flexibility index (Phi) is 9.69. The monoisotopic (exact) mass is 412 g/mol. The molecule has 2 rings (SSSR count). The van der Waals surface area contributed by atoms with E-state index in [1.165, 1.54) is 0 Å². The van der Waals surface area contributed by atoms with Crippen molar-refractivity contribution in [3.05, 3.63) is 29.8 Å². The Hall–Kier alpha value is -1.68. The Morgan fingerprint density at radius 3 is 2.64 bits per heavy atom. The minimum Gasteiger partial charge on any atom is -0.381 e. The third-order valence-corrected chi connectivity index (χ3v) is 5.88. The van der Waals surface area contributed by atoms with Crippen molar-refractivity contribution in [3.8, 4) is 0 Å². The summed E-state index contributed by atoms with van der Waals surface area (Å²) in [6.45, 7) is 6.46. The lowest BCUT2D eigenvalue weighted by atomic mass is 10.1. The molecule has 1 unspecified atom stereocenters. The van der Waals surface area contributed by atoms with Crippen molar-refractivity contribution >= 4 is 16.0 Å². The standard InChI is InChI=1S/C19H32N4O4S/c1-16-4-6-18(7-5-16)28(24,25)23-11-10-22-19(20-2)21-9-3-12-26-14-17-8-13-27-15-17/h4-7,17,23H,3,8-15H2,1-2H3,(H2,20,21,22). The highest BCUT2D eigenvalue weighted by atomic mass is 32.2. The van der Waals surface area contributed by atoms with Crippen LogP contribution in [0.1, 0.15) is 18.4 Å². The zero-order chi connectivity index (χ0) is 20.2. The second kappa shape index (κ2) is 12.0. The molecule has 1 aliphatic heterocycles. The molecule has 1 atom stereocenters. The van der Waals surface area contributed by atoms with Crippen LogP contribution < -0.4 is 15.4 Å². The van der Waals surface area contributed by atoms with Gasteiger partial charge in [0, 0.05) is 45.8 Å². The van der Waals surface area contributed by atoms with Crippen molar-refractivity contribution in [2.75, 3.05) is 53.1 Å². The summed E-state index contributed by atoms with van der Waals surface area (Å²) < 4.78 is 38.0. The summed E-state index contributed by atoms with van der Waals surface area (Å²) >= 11 is 0. The van der Waals surface area contributed by atoms with E-state index in [1.807, 2.05) is 6.92 Å². The Morgan fingerprint density at radius 1 is 1.21 bits per heavy atom. The first-order valence-electron chi connectivity index (χ1n) is 9.67. The average molecular weight is 413 g/mol. The van der Waals surface area contributed by atoms with E-state index in [2.05, 4.69) is 20.3 Å². The number of ether oxygens (including phenoxy) is 2. The number of nitrogens with zero attached hydrogens (tertiary/aromatic N) is 1. The van der Waals surface area contributed by atoms with Gasteiger partial charge in [-0.25, -0.2) is 13.1 Å². The third-order valence-electron chi connectivity index (χ3n) is 4.40. The summed E-state index contributed by atoms with van der Waals surface area (Å²) in [4.78, 5) is 4.40. The largest absolute Gasteiger partial charge is 0.381 e. The highest BCUT2D eigenvalue weighted by molar-refractivity contribution is 7.89. The minimum atomic E-state index is -3.49. The Balaban J connectivity index is 1.55. The molecule has 1 aliphatic rings. The van der Waals surface area contributed by atoms with Crippen molar-refractivity contribution in [2.24, 2.45) is 10.9 Å². The molecular formula is C19H32N4O4S. The first kappa shape index (κ1) is 22.6. The molecule has 28 heavy (non-hydrogen) atoms. The predicted octanol–water partition coefficient (Wildman–Crippen LogP) is 0.882. The predicted molar refractivity (Wildman–Crippen MR) is 110 cm³/mol. The number of aliphatic imine (C=N–C) groups is 1. The third kappa shape index (κ3) is 8.14. The number of hydrogen-bond donors (Lipinski definition) is 3. The van der Waals surface area contributed by atoms with Crippen molar-refractivity contribution < 1.29 is 17.9 Å². The van der Waals surface area contributed by atoms with Crippen LogP contribution in [-0.4, -0.2) is 67.5 Å². The summed E-state index contributed by atoms with van der Waals surface area (Å²) in [5.74, 6) is 1.17. The SMILES string of the molecule is CN=C(NCCCOCC1CCOC1)NCCNS(=O)(=O)c1ccc(C)cc1. The molecule has 8 nitrogen and oxygen atoms in total. The average Bonchev–Trinajstić information content (AvgIpc) is 3.20. The van der Waals surface area contributed by atoms with E-state index in [0.717, 1.165) is 44.8 Å². The molecule has 158 valence electrons. The van der Waals surface area contributed by atoms with E-state index in [9.17, 15) is 8.42 Å². The molecule has 1 fully saturated rings. The van der Waals surface area contributed by atoms with Gasteiger partial charge in [0.15, 0.2) is 5.96 Å². The van der Waals surface area contributed by atoms with Gasteiger partial charge in [-0.15, -0.1) is 0 Å². The van der Waals surface area contributed by atoms with Gasteiger partial charge in [0.1, 0.15) is 0 Å². The lowest BCUT2D eigenvalue weighted by Gasteiger charge is -2.13. The number of rotatable bonds is 11. The molecule has 0 aromatic heterocycles. The molecule has 0 bridgehead atoms. The van der Waals surface area contributed by atoms with Gasteiger partial charge in [-0.2, -0.15) is 0 Å². The molecule has 9 heteroatoms. The zero-order valence-corrected chi connectivity index (χ0v) is 17.6. The maximum absolute atomic E-state index is 12.2. The number of benzene rings is 1. The van der Waals surface area contributed by atoms with Crippen LogP contribution in [0.5, 0.6) is 0 Å². The topological polar surface area (TPSA) is 101 Å². The van der Waals surface area contributed by atoms with Gasteiger partial charge < -0.3 is 20.1 Å². The highest BCUT2D eigenvalue weighted by Gasteiger charge is 2.15. The van der Waals surface area contributed by atoms with Gasteiger partial charge >= 0.3 is 0 Å². The van der Waals surface area contributed by atoms with Gasteiger partial charge in [-0.1, -0.05) is 17.7 Å². The minimum absolute atomic E-state index is 0.267. The van der Waals surface area contributed by atoms with E-state index in [4.69, 9.17) is 9.47 Å². The molecule has 1 saturated heterocycles. The summed E-state index contributed by atoms with van der Waals surface area (Å²) in [6, 6.07) is 6.77. The van der Waals surface area contributed by atoms with Crippen molar-refractivity contribution in [2.45, 2.75) is 24.7 Å². The van der Waals surface area contributed by atoms with Gasteiger partial charge in [-0.3, -0.25) is 4.99 Å². The number of guanidine groups is 1. The molecule has 1 aromatic rings. The molecule has 0 spiro atoms. The van der Waals surface area contributed by atoms with Crippen LogP contribution in [0.4, 0.5) is 0 Å². The lowest BCUT2D eigenvalue weighted by Crippen LogP contribution is -2.42. The van der Waals surface area contributed by atoms with Crippen LogP contribution in [0, 0.1) is 12.8 Å². The van der Waals surface area contributed by atoms with Crippen LogP contribution in [-0.2, 0) is 19.5 Å². The second-order valence-corrected chi connectivity index (χ2v) is 8.56. The Bertz CT molecular complexity index is 701. The Labute approximate surface area is 168 Å². The lowest BCUT2D eigenvalue weighted by molar-refractivity contribution is 0.0888. The fourth-order valence-corrected chi connectivity index (χ4v) is 3.77. The summed E-state index contributed by atoms with van der Waals surface area (Å²) in [5, 5.41) is 6.28. The van der Waals surface area contributed by atoms with E-state index >= 15 is 0 Å². The van der Waals surface area contributed by atoms with Crippen LogP contribution in [0.15, 0.2) is 34.2 Å². The zero-order valence-electron chi connectivity index (χ0n) is 16.7. The quantitative estimate of drug-likeness (QED) is 0.283. The smallest absolute Gasteiger partial charge is 0.240 e. The number of nitrogens with one attached hydrogen (secondary N) is 3. The maximum Gasteiger partial charge on any atom is 0.240 e. The molecule has 0 saturated carbocycles. The normalized spacial score (nSPS) is 17.6. The molecule has 1 aromatic carbocycles. The van der Waals surface area contributed by atoms with Crippen LogP contribution >= 0.6 is 0 Å². The summed E-state index contributed by atoms with van der Waals surface area (Å²) in [7, 11) is -1.81. The van der Waals surface area contributed by atoms with Crippen molar-refractivity contribution in [3.63, 3.8) is 0 Å². The second-order valence-electron chi connectivity index (χ2n) is 6.79. The highest BCUT2D eigenvalue weighted by Crippen LogP contribution is 2.12. The first-order valence-corrected chi connectivity index (χ1v) is 11.2. The molecular weight excluding hydrogens is 380 g/mol. The van der Waals surface area contributed by atoms with E-state index in [1.54, 1.807) is 31.3 Å². The fourth-order valence-electron chi connectivity index (χ4n) is 2.73.